The molecule has 1 aliphatic heterocycles. The predicted octanol–water partition coefficient (Wildman–Crippen LogP) is 3.11. The van der Waals surface area contributed by atoms with Gasteiger partial charge >= 0.3 is 5.97 Å². The van der Waals surface area contributed by atoms with Gasteiger partial charge in [-0.25, -0.2) is 0 Å². The monoisotopic (exact) mass is 303 g/mol. The molecule has 22 heavy (non-hydrogen) atoms. The third kappa shape index (κ3) is 3.95. The second kappa shape index (κ2) is 6.61. The molecule has 0 amide bonds. The number of hydrogen-bond donors (Lipinski definition) is 1. The maximum atomic E-state index is 12.4. The Labute approximate surface area is 132 Å². The summed E-state index contributed by atoms with van der Waals surface area (Å²) < 4.78 is 0. The minimum atomic E-state index is -0.901. The molecular formula is C18H25NO3. The summed E-state index contributed by atoms with van der Waals surface area (Å²) in [5.41, 5.74) is 1.80. The topological polar surface area (TPSA) is 57.6 Å². The van der Waals surface area contributed by atoms with Crippen molar-refractivity contribution in [3.63, 3.8) is 0 Å². The third-order valence-electron chi connectivity index (χ3n) is 4.32. The number of hydrogen-bond acceptors (Lipinski definition) is 3. The third-order valence-corrected chi connectivity index (χ3v) is 4.32. The molecule has 4 nitrogen and oxygen atoms in total. The van der Waals surface area contributed by atoms with Crippen molar-refractivity contribution in [2.45, 2.75) is 51.5 Å². The van der Waals surface area contributed by atoms with Crippen molar-refractivity contribution >= 4 is 11.8 Å². The first-order chi connectivity index (χ1) is 10.3. The molecule has 1 aliphatic rings. The first kappa shape index (κ1) is 16.7. The lowest BCUT2D eigenvalue weighted by Gasteiger charge is -2.23. The van der Waals surface area contributed by atoms with Crippen molar-refractivity contribution < 1.29 is 14.7 Å². The van der Waals surface area contributed by atoms with Gasteiger partial charge in [0, 0.05) is 12.0 Å². The zero-order chi connectivity index (χ0) is 16.3. The van der Waals surface area contributed by atoms with Crippen LogP contribution in [-0.2, 0) is 10.2 Å². The van der Waals surface area contributed by atoms with E-state index in [2.05, 4.69) is 20.8 Å². The minimum Gasteiger partial charge on any atom is -0.480 e. The molecule has 1 heterocycles. The summed E-state index contributed by atoms with van der Waals surface area (Å²) in [4.78, 5) is 25.7. The van der Waals surface area contributed by atoms with Gasteiger partial charge in [-0.3, -0.25) is 14.5 Å². The van der Waals surface area contributed by atoms with Crippen molar-refractivity contribution in [1.29, 1.82) is 0 Å². The predicted molar refractivity (Wildman–Crippen MR) is 86.3 cm³/mol. The van der Waals surface area contributed by atoms with Gasteiger partial charge in [0.05, 0.1) is 0 Å². The summed E-state index contributed by atoms with van der Waals surface area (Å²) in [5.74, 6) is -0.999. The van der Waals surface area contributed by atoms with Crippen molar-refractivity contribution in [2.24, 2.45) is 0 Å². The number of rotatable bonds is 5. The van der Waals surface area contributed by atoms with E-state index >= 15 is 0 Å². The summed E-state index contributed by atoms with van der Waals surface area (Å²) in [5, 5.41) is 9.39. The van der Waals surface area contributed by atoms with Crippen LogP contribution in [0.15, 0.2) is 24.3 Å². The second-order valence-corrected chi connectivity index (χ2v) is 7.05. The lowest BCUT2D eigenvalue weighted by atomic mass is 9.86. The van der Waals surface area contributed by atoms with Crippen LogP contribution in [0, 0.1) is 0 Å². The molecule has 0 bridgehead atoms. The Morgan fingerprint density at radius 3 is 2.14 bits per heavy atom. The van der Waals surface area contributed by atoms with Crippen LogP contribution in [0.2, 0.25) is 0 Å². The van der Waals surface area contributed by atoms with E-state index in [9.17, 15) is 14.7 Å². The number of ketones is 1. The molecule has 1 N–H and O–H groups in total. The molecule has 0 radical (unpaired) electrons. The highest BCUT2D eigenvalue weighted by molar-refractivity contribution is 5.98. The van der Waals surface area contributed by atoms with E-state index in [4.69, 9.17) is 0 Å². The number of nitrogens with zero attached hydrogens (tertiary/aromatic N) is 1. The van der Waals surface area contributed by atoms with E-state index in [1.165, 1.54) is 5.56 Å². The normalized spacial score (nSPS) is 17.4. The lowest BCUT2D eigenvalue weighted by molar-refractivity contribution is -0.142. The molecule has 0 saturated carbocycles. The molecule has 120 valence electrons. The standard InChI is InChI=1S/C18H25NO3/c1-18(2,3)14-8-6-13(7-9-14)16(20)12-15(17(21)22)19-10-4-5-11-19/h6-9,15H,4-5,10-12H2,1-3H3,(H,21,22). The molecule has 1 aromatic carbocycles. The largest absolute Gasteiger partial charge is 0.480 e. The minimum absolute atomic E-state index is 0.0424. The van der Waals surface area contributed by atoms with Gasteiger partial charge in [-0.05, 0) is 36.9 Å². The average molecular weight is 303 g/mol. The van der Waals surface area contributed by atoms with Crippen LogP contribution >= 0.6 is 0 Å². The van der Waals surface area contributed by atoms with E-state index in [-0.39, 0.29) is 17.6 Å². The van der Waals surface area contributed by atoms with Crippen LogP contribution in [0.25, 0.3) is 0 Å². The van der Waals surface area contributed by atoms with Gasteiger partial charge in [0.2, 0.25) is 0 Å². The Bertz CT molecular complexity index is 536. The molecule has 1 fully saturated rings. The summed E-state index contributed by atoms with van der Waals surface area (Å²) in [7, 11) is 0. The Hall–Kier alpha value is -1.68. The summed E-state index contributed by atoms with van der Waals surface area (Å²) in [6, 6.07) is 6.84. The van der Waals surface area contributed by atoms with Crippen LogP contribution in [0.3, 0.4) is 0 Å². The average Bonchev–Trinajstić information content (AvgIpc) is 2.97. The second-order valence-electron chi connectivity index (χ2n) is 7.05. The number of likely N-dealkylation sites (tertiary alicyclic amines) is 1. The van der Waals surface area contributed by atoms with Gasteiger partial charge in [-0.1, -0.05) is 45.0 Å². The van der Waals surface area contributed by atoms with E-state index in [1.54, 1.807) is 0 Å². The van der Waals surface area contributed by atoms with Gasteiger partial charge in [-0.15, -0.1) is 0 Å². The number of Topliss-reactive ketones (excluding diaryl/α,β-unsaturated/α-hetero) is 1. The molecule has 0 aliphatic carbocycles. The van der Waals surface area contributed by atoms with E-state index in [0.29, 0.717) is 5.56 Å². The van der Waals surface area contributed by atoms with Gasteiger partial charge in [0.25, 0.3) is 0 Å². The van der Waals surface area contributed by atoms with Crippen LogP contribution in [0.1, 0.15) is 56.0 Å². The summed E-state index contributed by atoms with van der Waals surface area (Å²) in [6.07, 6.45) is 2.07. The van der Waals surface area contributed by atoms with Crippen molar-refractivity contribution in [2.75, 3.05) is 13.1 Å². The first-order valence-electron chi connectivity index (χ1n) is 7.89. The van der Waals surface area contributed by atoms with E-state index in [0.717, 1.165) is 25.9 Å². The maximum Gasteiger partial charge on any atom is 0.321 e. The van der Waals surface area contributed by atoms with Gasteiger partial charge < -0.3 is 5.11 Å². The molecule has 0 spiro atoms. The fourth-order valence-corrected chi connectivity index (χ4v) is 2.88. The Morgan fingerprint density at radius 1 is 1.14 bits per heavy atom. The fourth-order valence-electron chi connectivity index (χ4n) is 2.88. The van der Waals surface area contributed by atoms with E-state index in [1.807, 2.05) is 29.2 Å². The summed E-state index contributed by atoms with van der Waals surface area (Å²) in [6.45, 7) is 7.91. The number of aliphatic carboxylic acids is 1. The Kier molecular flexibility index (Phi) is 5.01. The quantitative estimate of drug-likeness (QED) is 0.849. The summed E-state index contributed by atoms with van der Waals surface area (Å²) >= 11 is 0. The SMILES string of the molecule is CC(C)(C)c1ccc(C(=O)CC(C(=O)O)N2CCCC2)cc1. The Balaban J connectivity index is 2.08. The number of carboxylic acid groups (broad SMARTS) is 1. The van der Waals surface area contributed by atoms with Crippen LogP contribution in [0.5, 0.6) is 0 Å². The van der Waals surface area contributed by atoms with Crippen LogP contribution < -0.4 is 0 Å². The van der Waals surface area contributed by atoms with Crippen LogP contribution in [-0.4, -0.2) is 40.9 Å². The van der Waals surface area contributed by atoms with Crippen molar-refractivity contribution in [3.05, 3.63) is 35.4 Å². The molecule has 1 aromatic rings. The zero-order valence-electron chi connectivity index (χ0n) is 13.6. The smallest absolute Gasteiger partial charge is 0.321 e. The maximum absolute atomic E-state index is 12.4. The highest BCUT2D eigenvalue weighted by atomic mass is 16.4. The van der Waals surface area contributed by atoms with Crippen molar-refractivity contribution in [1.82, 2.24) is 4.90 Å². The molecule has 4 heteroatoms. The van der Waals surface area contributed by atoms with Gasteiger partial charge in [0.1, 0.15) is 6.04 Å². The molecule has 1 atom stereocenters. The lowest BCUT2D eigenvalue weighted by Crippen LogP contribution is -2.40. The number of carbonyl (C=O) groups excluding carboxylic acids is 1. The number of carbonyl (C=O) groups is 2. The first-order valence-corrected chi connectivity index (χ1v) is 7.89. The molecule has 1 saturated heterocycles. The fraction of sp³-hybridized carbons (Fsp3) is 0.556. The van der Waals surface area contributed by atoms with Crippen LogP contribution in [0.4, 0.5) is 0 Å². The van der Waals surface area contributed by atoms with Crippen molar-refractivity contribution in [3.8, 4) is 0 Å². The zero-order valence-corrected chi connectivity index (χ0v) is 13.6. The number of carboxylic acids is 1. The van der Waals surface area contributed by atoms with E-state index < -0.39 is 12.0 Å². The van der Waals surface area contributed by atoms with Gasteiger partial charge in [0.15, 0.2) is 5.78 Å². The molecular weight excluding hydrogens is 278 g/mol. The van der Waals surface area contributed by atoms with Gasteiger partial charge in [-0.2, -0.15) is 0 Å². The highest BCUT2D eigenvalue weighted by Crippen LogP contribution is 2.23. The Morgan fingerprint density at radius 2 is 1.68 bits per heavy atom. The number of benzene rings is 1. The molecule has 0 aromatic heterocycles. The highest BCUT2D eigenvalue weighted by Gasteiger charge is 2.30. The molecule has 1 unspecified atom stereocenters. The molecule has 2 rings (SSSR count).